The van der Waals surface area contributed by atoms with Gasteiger partial charge in [-0.2, -0.15) is 13.2 Å². The molecular weight excluding hydrogens is 381 g/mol. The van der Waals surface area contributed by atoms with Gasteiger partial charge in [-0.3, -0.25) is 0 Å². The molecule has 0 unspecified atom stereocenters. The number of nitrogens with one attached hydrogen (secondary N) is 1. The summed E-state index contributed by atoms with van der Waals surface area (Å²) < 4.78 is 62.0. The van der Waals surface area contributed by atoms with Crippen molar-refractivity contribution in [3.8, 4) is 0 Å². The third-order valence-electron chi connectivity index (χ3n) is 2.18. The molecule has 0 saturated heterocycles. The molecule has 1 aromatic carbocycles. The van der Waals surface area contributed by atoms with Crippen LogP contribution in [-0.2, 0) is 16.6 Å². The monoisotopic (exact) mass is 392 g/mol. The Hall–Kier alpha value is -0.290. The fourth-order valence-corrected chi connectivity index (χ4v) is 4.03. The van der Waals surface area contributed by atoms with E-state index < -0.39 is 15.5 Å². The zero-order valence-electron chi connectivity index (χ0n) is 10.1. The van der Waals surface area contributed by atoms with Crippen molar-refractivity contribution < 1.29 is 21.6 Å². The van der Waals surface area contributed by atoms with E-state index in [1.165, 1.54) is 6.07 Å². The Bertz CT molecular complexity index is 564. The lowest BCUT2D eigenvalue weighted by Gasteiger charge is -2.10. The van der Waals surface area contributed by atoms with E-state index in [0.717, 1.165) is 5.56 Å². The Balaban J connectivity index is 2.70. The van der Waals surface area contributed by atoms with Crippen LogP contribution >= 0.6 is 27.7 Å². The highest BCUT2D eigenvalue weighted by Gasteiger charge is 2.28. The van der Waals surface area contributed by atoms with Crippen molar-refractivity contribution in [2.24, 2.45) is 5.73 Å². The van der Waals surface area contributed by atoms with Crippen LogP contribution in [0.25, 0.3) is 0 Å². The third kappa shape index (κ3) is 5.60. The molecule has 0 saturated carbocycles. The molecule has 0 aliphatic carbocycles. The first-order chi connectivity index (χ1) is 9.15. The summed E-state index contributed by atoms with van der Waals surface area (Å²) in [5.41, 5.74) is 1.79. The minimum atomic E-state index is -4.37. The quantitative estimate of drug-likeness (QED) is 0.729. The number of rotatable bonds is 6. The van der Waals surface area contributed by atoms with Gasteiger partial charge in [0.05, 0.1) is 4.90 Å². The topological polar surface area (TPSA) is 72.2 Å². The zero-order chi connectivity index (χ0) is 15.4. The predicted molar refractivity (Wildman–Crippen MR) is 75.7 cm³/mol. The Kier molecular flexibility index (Phi) is 6.32. The lowest BCUT2D eigenvalue weighted by Crippen LogP contribution is -2.27. The molecule has 0 fully saturated rings. The maximum atomic E-state index is 11.9. The van der Waals surface area contributed by atoms with E-state index in [-0.39, 0.29) is 35.5 Å². The average Bonchev–Trinajstić information content (AvgIpc) is 2.33. The summed E-state index contributed by atoms with van der Waals surface area (Å²) in [5.74, 6) is -0.388. The van der Waals surface area contributed by atoms with Crippen LogP contribution < -0.4 is 10.5 Å². The summed E-state index contributed by atoms with van der Waals surface area (Å²) in [6.07, 6.45) is 0. The second-order valence-corrected chi connectivity index (χ2v) is 7.41. The van der Waals surface area contributed by atoms with Gasteiger partial charge >= 0.3 is 5.51 Å². The maximum Gasteiger partial charge on any atom is 0.441 e. The Morgan fingerprint density at radius 1 is 1.35 bits per heavy atom. The van der Waals surface area contributed by atoms with Crippen molar-refractivity contribution in [2.75, 3.05) is 12.3 Å². The number of nitrogens with two attached hydrogens (primary N) is 1. The highest BCUT2D eigenvalue weighted by Crippen LogP contribution is 2.29. The fraction of sp³-hybridized carbons (Fsp3) is 0.400. The van der Waals surface area contributed by atoms with Crippen LogP contribution in [-0.4, -0.2) is 26.2 Å². The summed E-state index contributed by atoms with van der Waals surface area (Å²) in [6, 6.07) is 4.45. The van der Waals surface area contributed by atoms with E-state index in [2.05, 4.69) is 20.7 Å². The van der Waals surface area contributed by atoms with Crippen LogP contribution in [0, 0.1) is 0 Å². The van der Waals surface area contributed by atoms with Crippen molar-refractivity contribution >= 4 is 37.7 Å². The van der Waals surface area contributed by atoms with Crippen molar-refractivity contribution in [2.45, 2.75) is 16.9 Å². The SMILES string of the molecule is NCc1ccc(S(=O)(=O)NCCSC(F)(F)F)c(Br)c1. The molecule has 0 aromatic heterocycles. The van der Waals surface area contributed by atoms with E-state index in [9.17, 15) is 21.6 Å². The highest BCUT2D eigenvalue weighted by molar-refractivity contribution is 9.10. The summed E-state index contributed by atoms with van der Waals surface area (Å²) in [6.45, 7) is -0.0494. The number of sulfonamides is 1. The lowest BCUT2D eigenvalue weighted by atomic mass is 10.2. The molecular formula is C10H12BrF3N2O2S2. The van der Waals surface area contributed by atoms with Crippen LogP contribution in [0.15, 0.2) is 27.6 Å². The lowest BCUT2D eigenvalue weighted by molar-refractivity contribution is -0.0327. The number of benzene rings is 1. The maximum absolute atomic E-state index is 11.9. The summed E-state index contributed by atoms with van der Waals surface area (Å²) in [5, 5.41) is 0. The molecule has 10 heteroatoms. The third-order valence-corrected chi connectivity index (χ3v) is 5.35. The van der Waals surface area contributed by atoms with Crippen molar-refractivity contribution in [3.63, 3.8) is 0 Å². The Morgan fingerprint density at radius 3 is 2.50 bits per heavy atom. The molecule has 1 rings (SSSR count). The normalized spacial score (nSPS) is 12.7. The summed E-state index contributed by atoms with van der Waals surface area (Å²) in [4.78, 5) is -0.0355. The van der Waals surface area contributed by atoms with Gasteiger partial charge in [0, 0.05) is 23.3 Å². The van der Waals surface area contributed by atoms with E-state index in [1.807, 2.05) is 0 Å². The van der Waals surface area contributed by atoms with Gasteiger partial charge in [0.15, 0.2) is 0 Å². The molecule has 0 atom stereocenters. The van der Waals surface area contributed by atoms with Gasteiger partial charge in [0.2, 0.25) is 10.0 Å². The molecule has 0 spiro atoms. The molecule has 20 heavy (non-hydrogen) atoms. The Labute approximate surface area is 127 Å². The number of alkyl halides is 3. The molecule has 0 aliphatic rings. The van der Waals surface area contributed by atoms with Gasteiger partial charge < -0.3 is 5.73 Å². The standard InChI is InChI=1S/C10H12BrF3N2O2S2/c11-8-5-7(6-15)1-2-9(8)20(17,18)16-3-4-19-10(12,13)14/h1-2,5,16H,3-4,6,15H2. The second kappa shape index (κ2) is 7.12. The van der Waals surface area contributed by atoms with Gasteiger partial charge in [-0.15, -0.1) is 0 Å². The zero-order valence-corrected chi connectivity index (χ0v) is 13.3. The number of hydrogen-bond acceptors (Lipinski definition) is 4. The van der Waals surface area contributed by atoms with Crippen LogP contribution in [0.2, 0.25) is 0 Å². The minimum absolute atomic E-state index is 0.0355. The van der Waals surface area contributed by atoms with Gasteiger partial charge in [0.1, 0.15) is 0 Å². The van der Waals surface area contributed by atoms with Crippen LogP contribution in [0.5, 0.6) is 0 Å². The largest absolute Gasteiger partial charge is 0.441 e. The van der Waals surface area contributed by atoms with E-state index in [4.69, 9.17) is 5.73 Å². The van der Waals surface area contributed by atoms with Crippen LogP contribution in [0.1, 0.15) is 5.56 Å². The molecule has 0 bridgehead atoms. The Morgan fingerprint density at radius 2 is 2.00 bits per heavy atom. The molecule has 3 N–H and O–H groups in total. The predicted octanol–water partition coefficient (Wildman–Crippen LogP) is 2.44. The minimum Gasteiger partial charge on any atom is -0.326 e. The first-order valence-electron chi connectivity index (χ1n) is 5.34. The molecule has 4 nitrogen and oxygen atoms in total. The summed E-state index contributed by atoms with van der Waals surface area (Å²) >= 11 is 2.83. The average molecular weight is 393 g/mol. The summed E-state index contributed by atoms with van der Waals surface area (Å²) in [7, 11) is -3.85. The second-order valence-electron chi connectivity index (χ2n) is 3.66. The first kappa shape index (κ1) is 17.8. The molecule has 0 amide bonds. The smallest absolute Gasteiger partial charge is 0.326 e. The van der Waals surface area contributed by atoms with Crippen molar-refractivity contribution in [3.05, 3.63) is 28.2 Å². The van der Waals surface area contributed by atoms with Gasteiger partial charge in [-0.25, -0.2) is 13.1 Å². The molecule has 1 aromatic rings. The molecule has 0 aliphatic heterocycles. The van der Waals surface area contributed by atoms with E-state index in [1.54, 1.807) is 12.1 Å². The van der Waals surface area contributed by atoms with Crippen LogP contribution in [0.3, 0.4) is 0 Å². The van der Waals surface area contributed by atoms with Crippen molar-refractivity contribution in [1.29, 1.82) is 0 Å². The van der Waals surface area contributed by atoms with E-state index in [0.29, 0.717) is 4.47 Å². The fourth-order valence-electron chi connectivity index (χ4n) is 1.31. The highest BCUT2D eigenvalue weighted by atomic mass is 79.9. The molecule has 0 radical (unpaired) electrons. The van der Waals surface area contributed by atoms with Gasteiger partial charge in [0.25, 0.3) is 0 Å². The van der Waals surface area contributed by atoms with Gasteiger partial charge in [-0.05, 0) is 45.4 Å². The van der Waals surface area contributed by atoms with Crippen LogP contribution in [0.4, 0.5) is 13.2 Å². The van der Waals surface area contributed by atoms with Gasteiger partial charge in [-0.1, -0.05) is 6.07 Å². The number of halogens is 4. The first-order valence-corrected chi connectivity index (χ1v) is 8.61. The van der Waals surface area contributed by atoms with Crippen molar-refractivity contribution in [1.82, 2.24) is 4.72 Å². The molecule has 0 heterocycles. The number of thioether (sulfide) groups is 1. The number of hydrogen-bond donors (Lipinski definition) is 2. The van der Waals surface area contributed by atoms with E-state index >= 15 is 0 Å². The molecule has 114 valence electrons.